The number of carbonyl (C=O) groups is 1. The number of thiazole rings is 1. The fourth-order valence-electron chi connectivity index (χ4n) is 2.43. The van der Waals surface area contributed by atoms with E-state index in [0.717, 1.165) is 43.4 Å². The second-order valence-corrected chi connectivity index (χ2v) is 6.83. The van der Waals surface area contributed by atoms with Crippen molar-refractivity contribution in [2.45, 2.75) is 26.1 Å². The Morgan fingerprint density at radius 2 is 2.10 bits per heavy atom. The largest absolute Gasteiger partial charge is 0.340 e. The summed E-state index contributed by atoms with van der Waals surface area (Å²) in [6.45, 7) is 9.21. The van der Waals surface area contributed by atoms with Gasteiger partial charge in [-0.05, 0) is 5.92 Å². The molecule has 0 atom stereocenters. The first-order valence-electron chi connectivity index (χ1n) is 7.08. The molecule has 1 amide bonds. The number of halogens is 1. The number of amides is 1. The second-order valence-electron chi connectivity index (χ2n) is 5.62. The van der Waals surface area contributed by atoms with Crippen molar-refractivity contribution in [1.29, 1.82) is 0 Å². The van der Waals surface area contributed by atoms with Crippen LogP contribution in [0.4, 0.5) is 0 Å². The Hall–Kier alpha value is -0.650. The summed E-state index contributed by atoms with van der Waals surface area (Å²) in [5, 5.41) is 2.80. The van der Waals surface area contributed by atoms with Gasteiger partial charge in [0.25, 0.3) is 0 Å². The van der Waals surface area contributed by atoms with Crippen molar-refractivity contribution in [3.8, 4) is 0 Å². The summed E-state index contributed by atoms with van der Waals surface area (Å²) < 4.78 is 0. The van der Waals surface area contributed by atoms with Crippen molar-refractivity contribution in [2.75, 3.05) is 32.7 Å². The molecule has 1 aromatic rings. The highest BCUT2D eigenvalue weighted by Crippen LogP contribution is 2.14. The molecule has 0 unspecified atom stereocenters. The molecule has 0 saturated carbocycles. The summed E-state index contributed by atoms with van der Waals surface area (Å²) in [7, 11) is 0. The highest BCUT2D eigenvalue weighted by atomic mass is 35.5. The molecule has 0 aliphatic carbocycles. The van der Waals surface area contributed by atoms with E-state index < -0.39 is 0 Å². The van der Waals surface area contributed by atoms with E-state index in [2.05, 4.69) is 23.7 Å². The van der Waals surface area contributed by atoms with Gasteiger partial charge in [-0.1, -0.05) is 13.8 Å². The van der Waals surface area contributed by atoms with Crippen LogP contribution >= 0.6 is 22.9 Å². The van der Waals surface area contributed by atoms with E-state index in [4.69, 9.17) is 11.6 Å². The molecular formula is C14H22ClN3OS. The molecule has 4 nitrogen and oxygen atoms in total. The molecule has 0 bridgehead atoms. The summed E-state index contributed by atoms with van der Waals surface area (Å²) >= 11 is 7.25. The summed E-state index contributed by atoms with van der Waals surface area (Å²) in [6, 6.07) is 0. The third kappa shape index (κ3) is 4.43. The van der Waals surface area contributed by atoms with Gasteiger partial charge in [0.1, 0.15) is 5.01 Å². The van der Waals surface area contributed by atoms with E-state index in [-0.39, 0.29) is 5.91 Å². The van der Waals surface area contributed by atoms with Crippen LogP contribution in [0.1, 0.15) is 24.5 Å². The van der Waals surface area contributed by atoms with E-state index in [9.17, 15) is 4.79 Å². The molecule has 2 heterocycles. The molecule has 20 heavy (non-hydrogen) atoms. The average molecular weight is 316 g/mol. The number of nitrogens with zero attached hydrogens (tertiary/aromatic N) is 3. The van der Waals surface area contributed by atoms with Crippen molar-refractivity contribution < 1.29 is 4.79 Å². The Morgan fingerprint density at radius 3 is 2.65 bits per heavy atom. The first-order valence-corrected chi connectivity index (χ1v) is 8.49. The lowest BCUT2D eigenvalue weighted by Gasteiger charge is -2.35. The van der Waals surface area contributed by atoms with Gasteiger partial charge in [-0.3, -0.25) is 9.69 Å². The van der Waals surface area contributed by atoms with Crippen molar-refractivity contribution in [3.05, 3.63) is 16.1 Å². The Bertz CT molecular complexity index is 441. The molecule has 112 valence electrons. The number of alkyl halides is 1. The van der Waals surface area contributed by atoms with Crippen LogP contribution in [0.25, 0.3) is 0 Å². The highest BCUT2D eigenvalue weighted by molar-refractivity contribution is 7.09. The number of hydrogen-bond acceptors (Lipinski definition) is 4. The lowest BCUT2D eigenvalue weighted by Crippen LogP contribution is -2.49. The van der Waals surface area contributed by atoms with Crippen LogP contribution in [0.15, 0.2) is 5.38 Å². The molecule has 1 aliphatic heterocycles. The highest BCUT2D eigenvalue weighted by Gasteiger charge is 2.22. The van der Waals surface area contributed by atoms with Crippen molar-refractivity contribution in [1.82, 2.24) is 14.8 Å². The number of aromatic nitrogens is 1. The number of rotatable bonds is 5. The summed E-state index contributed by atoms with van der Waals surface area (Å²) in [4.78, 5) is 21.0. The Kier molecular flexibility index (Phi) is 5.81. The van der Waals surface area contributed by atoms with E-state index in [1.54, 1.807) is 0 Å². The third-order valence-electron chi connectivity index (χ3n) is 3.39. The molecule has 6 heteroatoms. The SMILES string of the molecule is CC(C)CN1CCN(C(=O)Cc2nc(CCl)cs2)CC1. The fraction of sp³-hybridized carbons (Fsp3) is 0.714. The lowest BCUT2D eigenvalue weighted by atomic mass is 10.2. The molecule has 1 aliphatic rings. The molecule has 0 spiro atoms. The normalized spacial score (nSPS) is 16.9. The van der Waals surface area contributed by atoms with Gasteiger partial charge in [0, 0.05) is 38.1 Å². The molecular weight excluding hydrogens is 294 g/mol. The van der Waals surface area contributed by atoms with E-state index in [1.165, 1.54) is 11.3 Å². The maximum atomic E-state index is 12.2. The fourth-order valence-corrected chi connectivity index (χ4v) is 3.44. The van der Waals surface area contributed by atoms with Gasteiger partial charge in [0.05, 0.1) is 18.0 Å². The van der Waals surface area contributed by atoms with E-state index >= 15 is 0 Å². The van der Waals surface area contributed by atoms with Gasteiger partial charge in [-0.15, -0.1) is 22.9 Å². The zero-order chi connectivity index (χ0) is 14.5. The van der Waals surface area contributed by atoms with Gasteiger partial charge in [0.15, 0.2) is 0 Å². The topological polar surface area (TPSA) is 36.4 Å². The first kappa shape index (κ1) is 15.7. The number of carbonyl (C=O) groups excluding carboxylic acids is 1. The van der Waals surface area contributed by atoms with Crippen LogP contribution in [0, 0.1) is 5.92 Å². The van der Waals surface area contributed by atoms with E-state index in [0.29, 0.717) is 18.2 Å². The summed E-state index contributed by atoms with van der Waals surface area (Å²) in [5.74, 6) is 1.28. The molecule has 0 N–H and O–H groups in total. The van der Waals surface area contributed by atoms with Gasteiger partial charge < -0.3 is 4.90 Å². The van der Waals surface area contributed by atoms with Crippen LogP contribution < -0.4 is 0 Å². The van der Waals surface area contributed by atoms with Gasteiger partial charge in [-0.2, -0.15) is 0 Å². The summed E-state index contributed by atoms with van der Waals surface area (Å²) in [6.07, 6.45) is 0.408. The van der Waals surface area contributed by atoms with Gasteiger partial charge in [0.2, 0.25) is 5.91 Å². The molecule has 0 radical (unpaired) electrons. The van der Waals surface area contributed by atoms with Crippen molar-refractivity contribution in [3.63, 3.8) is 0 Å². The molecule has 2 rings (SSSR count). The van der Waals surface area contributed by atoms with Crippen LogP contribution in [0.3, 0.4) is 0 Å². The molecule has 1 aromatic heterocycles. The van der Waals surface area contributed by atoms with E-state index in [1.807, 2.05) is 10.3 Å². The zero-order valence-electron chi connectivity index (χ0n) is 12.1. The molecule has 1 fully saturated rings. The standard InChI is InChI=1S/C14H22ClN3OS/c1-11(2)9-17-3-5-18(6-4-17)14(19)7-13-16-12(8-15)10-20-13/h10-11H,3-9H2,1-2H3. The smallest absolute Gasteiger partial charge is 0.229 e. The average Bonchev–Trinajstić information content (AvgIpc) is 2.86. The van der Waals surface area contributed by atoms with Crippen LogP contribution in [0.2, 0.25) is 0 Å². The lowest BCUT2D eigenvalue weighted by molar-refractivity contribution is -0.132. The minimum atomic E-state index is 0.185. The Balaban J connectivity index is 1.79. The maximum Gasteiger partial charge on any atom is 0.229 e. The first-order chi connectivity index (χ1) is 9.58. The Morgan fingerprint density at radius 1 is 1.40 bits per heavy atom. The second kappa shape index (κ2) is 7.38. The molecule has 0 aromatic carbocycles. The predicted octanol–water partition coefficient (Wildman–Crippen LogP) is 2.22. The summed E-state index contributed by atoms with van der Waals surface area (Å²) in [5.41, 5.74) is 0.862. The van der Waals surface area contributed by atoms with Crippen molar-refractivity contribution in [2.24, 2.45) is 5.92 Å². The number of piperazine rings is 1. The minimum Gasteiger partial charge on any atom is -0.340 e. The van der Waals surface area contributed by atoms with Gasteiger partial charge >= 0.3 is 0 Å². The monoisotopic (exact) mass is 315 g/mol. The van der Waals surface area contributed by atoms with Crippen LogP contribution in [-0.4, -0.2) is 53.4 Å². The maximum absolute atomic E-state index is 12.2. The Labute approximate surface area is 129 Å². The van der Waals surface area contributed by atoms with Gasteiger partial charge in [-0.25, -0.2) is 4.98 Å². The predicted molar refractivity (Wildman–Crippen MR) is 83.2 cm³/mol. The van der Waals surface area contributed by atoms with Crippen molar-refractivity contribution >= 4 is 28.8 Å². The number of hydrogen-bond donors (Lipinski definition) is 0. The minimum absolute atomic E-state index is 0.185. The zero-order valence-corrected chi connectivity index (χ0v) is 13.7. The third-order valence-corrected chi connectivity index (χ3v) is 4.56. The molecule has 1 saturated heterocycles. The quantitative estimate of drug-likeness (QED) is 0.782. The van der Waals surface area contributed by atoms with Crippen LogP contribution in [-0.2, 0) is 17.1 Å². The van der Waals surface area contributed by atoms with Crippen LogP contribution in [0.5, 0.6) is 0 Å².